The Morgan fingerprint density at radius 1 is 1.22 bits per heavy atom. The van der Waals surface area contributed by atoms with Gasteiger partial charge in [0.05, 0.1) is 6.10 Å². The Bertz CT molecular complexity index is 384. The van der Waals surface area contributed by atoms with Gasteiger partial charge >= 0.3 is 0 Å². The van der Waals surface area contributed by atoms with Crippen LogP contribution < -0.4 is 5.32 Å². The highest BCUT2D eigenvalue weighted by Crippen LogP contribution is 2.19. The van der Waals surface area contributed by atoms with Crippen molar-refractivity contribution in [2.24, 2.45) is 5.92 Å². The molecule has 0 amide bonds. The number of hydrogen-bond acceptors (Lipinski definition) is 2. The van der Waals surface area contributed by atoms with Gasteiger partial charge in [-0.25, -0.2) is 8.78 Å². The lowest BCUT2D eigenvalue weighted by Gasteiger charge is -2.22. The summed E-state index contributed by atoms with van der Waals surface area (Å²) in [6.07, 6.45) is 0.213. The maximum absolute atomic E-state index is 13.1. The Morgan fingerprint density at radius 3 is 2.44 bits per heavy atom. The minimum atomic E-state index is -0.930. The zero-order valence-corrected chi connectivity index (χ0v) is 11.1. The number of halogens is 2. The Labute approximate surface area is 107 Å². The van der Waals surface area contributed by atoms with E-state index < -0.39 is 17.7 Å². The smallest absolute Gasteiger partial charge is 0.159 e. The summed E-state index contributed by atoms with van der Waals surface area (Å²) in [5, 5.41) is 13.2. The summed E-state index contributed by atoms with van der Waals surface area (Å²) in [6, 6.07) is 3.28. The third-order valence-electron chi connectivity index (χ3n) is 3.24. The van der Waals surface area contributed by atoms with Crippen LogP contribution in [-0.2, 0) is 0 Å². The van der Waals surface area contributed by atoms with Crippen LogP contribution in [0.15, 0.2) is 18.2 Å². The summed E-state index contributed by atoms with van der Waals surface area (Å²) >= 11 is 0. The van der Waals surface area contributed by atoms with Gasteiger partial charge in [-0.05, 0) is 37.1 Å². The Kier molecular flexibility index (Phi) is 5.69. The lowest BCUT2D eigenvalue weighted by molar-refractivity contribution is 0.133. The number of nitrogens with one attached hydrogen (secondary N) is 1. The fourth-order valence-electron chi connectivity index (χ4n) is 1.63. The molecule has 18 heavy (non-hydrogen) atoms. The van der Waals surface area contributed by atoms with Gasteiger partial charge in [0.1, 0.15) is 0 Å². The van der Waals surface area contributed by atoms with Crippen molar-refractivity contribution in [3.63, 3.8) is 0 Å². The molecule has 0 saturated carbocycles. The van der Waals surface area contributed by atoms with Crippen LogP contribution in [0.4, 0.5) is 8.78 Å². The van der Waals surface area contributed by atoms with Crippen LogP contribution >= 0.6 is 0 Å². The molecule has 0 saturated heterocycles. The number of benzene rings is 1. The third-order valence-corrected chi connectivity index (χ3v) is 3.24. The monoisotopic (exact) mass is 257 g/mol. The first-order valence-electron chi connectivity index (χ1n) is 6.32. The van der Waals surface area contributed by atoms with Gasteiger partial charge in [-0.1, -0.05) is 26.3 Å². The van der Waals surface area contributed by atoms with Crippen LogP contribution in [-0.4, -0.2) is 17.7 Å². The summed E-state index contributed by atoms with van der Waals surface area (Å²) in [5.41, 5.74) is 0.387. The summed E-state index contributed by atoms with van der Waals surface area (Å²) < 4.78 is 25.9. The largest absolute Gasteiger partial charge is 0.387 e. The highest BCUT2D eigenvalue weighted by molar-refractivity contribution is 5.21. The molecule has 1 aromatic carbocycles. The zero-order chi connectivity index (χ0) is 13.7. The van der Waals surface area contributed by atoms with Crippen LogP contribution in [0.5, 0.6) is 0 Å². The predicted molar refractivity (Wildman–Crippen MR) is 68.2 cm³/mol. The second-order valence-corrected chi connectivity index (χ2v) is 4.83. The molecular formula is C14H21F2NO. The van der Waals surface area contributed by atoms with Gasteiger partial charge in [0.25, 0.3) is 0 Å². The zero-order valence-electron chi connectivity index (χ0n) is 11.1. The van der Waals surface area contributed by atoms with E-state index in [2.05, 4.69) is 19.2 Å². The molecule has 0 fully saturated rings. The van der Waals surface area contributed by atoms with E-state index in [1.807, 2.05) is 6.92 Å². The number of hydrogen-bond donors (Lipinski definition) is 2. The predicted octanol–water partition coefficient (Wildman–Crippen LogP) is 3.02. The van der Waals surface area contributed by atoms with Gasteiger partial charge in [-0.15, -0.1) is 0 Å². The SMILES string of the molecule is CCC(C)CNC(C)C(O)c1ccc(F)c(F)c1. The third kappa shape index (κ3) is 4.03. The van der Waals surface area contributed by atoms with Crippen LogP contribution in [0.2, 0.25) is 0 Å². The van der Waals surface area contributed by atoms with Crippen molar-refractivity contribution in [3.8, 4) is 0 Å². The highest BCUT2D eigenvalue weighted by atomic mass is 19.2. The summed E-state index contributed by atoms with van der Waals surface area (Å²) in [7, 11) is 0. The number of rotatable bonds is 6. The minimum absolute atomic E-state index is 0.205. The van der Waals surface area contributed by atoms with Gasteiger partial charge in [0, 0.05) is 6.04 Å². The molecule has 0 bridgehead atoms. The second-order valence-electron chi connectivity index (χ2n) is 4.83. The van der Waals surface area contributed by atoms with E-state index in [0.717, 1.165) is 25.1 Å². The molecule has 2 N–H and O–H groups in total. The quantitative estimate of drug-likeness (QED) is 0.821. The maximum atomic E-state index is 13.1. The highest BCUT2D eigenvalue weighted by Gasteiger charge is 2.17. The average molecular weight is 257 g/mol. The van der Waals surface area contributed by atoms with Crippen LogP contribution in [0.25, 0.3) is 0 Å². The Morgan fingerprint density at radius 2 is 1.89 bits per heavy atom. The minimum Gasteiger partial charge on any atom is -0.387 e. The van der Waals surface area contributed by atoms with Crippen LogP contribution in [0.3, 0.4) is 0 Å². The summed E-state index contributed by atoms with van der Waals surface area (Å²) in [6.45, 7) is 6.83. The van der Waals surface area contributed by atoms with Crippen molar-refractivity contribution in [2.45, 2.75) is 39.3 Å². The molecule has 1 aromatic rings. The summed E-state index contributed by atoms with van der Waals surface area (Å²) in [5.74, 6) is -1.31. The van der Waals surface area contributed by atoms with Crippen LogP contribution in [0.1, 0.15) is 38.9 Å². The molecule has 0 aliphatic carbocycles. The first kappa shape index (κ1) is 15.1. The van der Waals surface area contributed by atoms with Crippen LogP contribution in [0, 0.1) is 17.6 Å². The van der Waals surface area contributed by atoms with Crippen molar-refractivity contribution in [1.29, 1.82) is 0 Å². The lowest BCUT2D eigenvalue weighted by atomic mass is 10.0. The molecule has 102 valence electrons. The fraction of sp³-hybridized carbons (Fsp3) is 0.571. The van der Waals surface area contributed by atoms with E-state index in [0.29, 0.717) is 11.5 Å². The molecule has 2 nitrogen and oxygen atoms in total. The van der Waals surface area contributed by atoms with Gasteiger partial charge in [0.15, 0.2) is 11.6 Å². The first-order chi connectivity index (χ1) is 8.45. The maximum Gasteiger partial charge on any atom is 0.159 e. The molecule has 1 rings (SSSR count). The Hall–Kier alpha value is -1.00. The molecule has 3 unspecified atom stereocenters. The van der Waals surface area contributed by atoms with E-state index in [1.54, 1.807) is 0 Å². The fourth-order valence-corrected chi connectivity index (χ4v) is 1.63. The first-order valence-corrected chi connectivity index (χ1v) is 6.32. The standard InChI is InChI=1S/C14H21F2NO/c1-4-9(2)8-17-10(3)14(18)11-5-6-12(15)13(16)7-11/h5-7,9-10,14,17-18H,4,8H2,1-3H3. The van der Waals surface area contributed by atoms with E-state index in [9.17, 15) is 13.9 Å². The molecular weight excluding hydrogens is 236 g/mol. The summed E-state index contributed by atoms with van der Waals surface area (Å²) in [4.78, 5) is 0. The van der Waals surface area contributed by atoms with Crippen molar-refractivity contribution in [3.05, 3.63) is 35.4 Å². The molecule has 0 spiro atoms. The van der Waals surface area contributed by atoms with Gasteiger partial charge in [0.2, 0.25) is 0 Å². The average Bonchev–Trinajstić information content (AvgIpc) is 2.37. The van der Waals surface area contributed by atoms with Gasteiger partial charge < -0.3 is 10.4 Å². The molecule has 0 aliphatic heterocycles. The van der Waals surface area contributed by atoms with Gasteiger partial charge in [-0.3, -0.25) is 0 Å². The topological polar surface area (TPSA) is 32.3 Å². The molecule has 0 aliphatic rings. The normalized spacial score (nSPS) is 16.3. The molecule has 0 radical (unpaired) electrons. The molecule has 0 aromatic heterocycles. The van der Waals surface area contributed by atoms with Crippen molar-refractivity contribution < 1.29 is 13.9 Å². The number of aliphatic hydroxyl groups is 1. The number of aliphatic hydroxyl groups excluding tert-OH is 1. The van der Waals surface area contributed by atoms with E-state index in [-0.39, 0.29) is 6.04 Å². The van der Waals surface area contributed by atoms with Crippen molar-refractivity contribution in [1.82, 2.24) is 5.32 Å². The van der Waals surface area contributed by atoms with Gasteiger partial charge in [-0.2, -0.15) is 0 Å². The van der Waals surface area contributed by atoms with Crippen molar-refractivity contribution in [2.75, 3.05) is 6.54 Å². The van der Waals surface area contributed by atoms with E-state index in [4.69, 9.17) is 0 Å². The molecule has 4 heteroatoms. The lowest BCUT2D eigenvalue weighted by Crippen LogP contribution is -2.35. The van der Waals surface area contributed by atoms with E-state index in [1.165, 1.54) is 6.07 Å². The van der Waals surface area contributed by atoms with Crippen molar-refractivity contribution >= 4 is 0 Å². The molecule has 0 heterocycles. The van der Waals surface area contributed by atoms with E-state index >= 15 is 0 Å². The molecule has 3 atom stereocenters. The second kappa shape index (κ2) is 6.81. The Balaban J connectivity index is 2.62.